The summed E-state index contributed by atoms with van der Waals surface area (Å²) in [5.74, 6) is 1.72. The molecule has 158 valence electrons. The van der Waals surface area contributed by atoms with E-state index in [1.165, 1.54) is 0 Å². The molecule has 0 aliphatic heterocycles. The summed E-state index contributed by atoms with van der Waals surface area (Å²) in [7, 11) is 0. The van der Waals surface area contributed by atoms with Gasteiger partial charge < -0.3 is 14.8 Å². The number of nitrogens with one attached hydrogen (secondary N) is 1. The zero-order chi connectivity index (χ0) is 21.5. The third kappa shape index (κ3) is 5.76. The number of carbonyl (C=O) groups is 1. The van der Waals surface area contributed by atoms with Crippen LogP contribution in [0.3, 0.4) is 0 Å². The van der Waals surface area contributed by atoms with Gasteiger partial charge in [0.1, 0.15) is 0 Å². The first-order valence-corrected chi connectivity index (χ1v) is 10.3. The summed E-state index contributed by atoms with van der Waals surface area (Å²) in [6, 6.07) is 15.0. The summed E-state index contributed by atoms with van der Waals surface area (Å²) in [4.78, 5) is 12.5. The van der Waals surface area contributed by atoms with Crippen molar-refractivity contribution in [3.05, 3.63) is 70.4 Å². The number of hydrogen-bond donors (Lipinski definition) is 1. The molecule has 0 fully saturated rings. The van der Waals surface area contributed by atoms with Gasteiger partial charge >= 0.3 is 0 Å². The van der Waals surface area contributed by atoms with Gasteiger partial charge in [0, 0.05) is 16.8 Å². The first-order chi connectivity index (χ1) is 14.5. The SMILES string of the molecule is CCOc1ccc(CC(=O)Nc2cc(C)n(Cc3ccc(Cl)cc3)n2)cc1OCC. The van der Waals surface area contributed by atoms with E-state index in [0.717, 1.165) is 16.8 Å². The Hall–Kier alpha value is -2.99. The molecule has 3 aromatic rings. The summed E-state index contributed by atoms with van der Waals surface area (Å²) in [6.45, 7) is 7.48. The Morgan fingerprint density at radius 1 is 1.00 bits per heavy atom. The van der Waals surface area contributed by atoms with E-state index in [4.69, 9.17) is 21.1 Å². The molecule has 0 radical (unpaired) electrons. The highest BCUT2D eigenvalue weighted by Crippen LogP contribution is 2.28. The zero-order valence-corrected chi connectivity index (χ0v) is 18.2. The van der Waals surface area contributed by atoms with Crippen LogP contribution >= 0.6 is 11.6 Å². The highest BCUT2D eigenvalue weighted by atomic mass is 35.5. The number of aromatic nitrogens is 2. The Morgan fingerprint density at radius 3 is 2.37 bits per heavy atom. The van der Waals surface area contributed by atoms with Crippen LogP contribution in [-0.2, 0) is 17.8 Å². The van der Waals surface area contributed by atoms with E-state index in [-0.39, 0.29) is 12.3 Å². The molecule has 1 N–H and O–H groups in total. The van der Waals surface area contributed by atoms with Gasteiger partial charge in [0.25, 0.3) is 0 Å². The van der Waals surface area contributed by atoms with Gasteiger partial charge in [-0.05, 0) is 56.2 Å². The largest absolute Gasteiger partial charge is 0.490 e. The molecule has 7 heteroatoms. The van der Waals surface area contributed by atoms with E-state index in [1.807, 2.05) is 74.0 Å². The lowest BCUT2D eigenvalue weighted by atomic mass is 10.1. The van der Waals surface area contributed by atoms with Crippen LogP contribution in [0.4, 0.5) is 5.82 Å². The molecular weight excluding hydrogens is 402 g/mol. The maximum atomic E-state index is 12.5. The van der Waals surface area contributed by atoms with E-state index < -0.39 is 0 Å². The third-order valence-corrected chi connectivity index (χ3v) is 4.72. The van der Waals surface area contributed by atoms with Gasteiger partial charge in [-0.15, -0.1) is 0 Å². The fraction of sp³-hybridized carbons (Fsp3) is 0.304. The molecular formula is C23H26ClN3O3. The summed E-state index contributed by atoms with van der Waals surface area (Å²) in [6.07, 6.45) is 0.218. The van der Waals surface area contributed by atoms with Crippen molar-refractivity contribution < 1.29 is 14.3 Å². The summed E-state index contributed by atoms with van der Waals surface area (Å²) >= 11 is 5.94. The van der Waals surface area contributed by atoms with Crippen molar-refractivity contribution >= 4 is 23.3 Å². The monoisotopic (exact) mass is 427 g/mol. The second-order valence-electron chi connectivity index (χ2n) is 6.83. The van der Waals surface area contributed by atoms with Crippen molar-refractivity contribution in [1.82, 2.24) is 9.78 Å². The van der Waals surface area contributed by atoms with E-state index in [2.05, 4.69) is 10.4 Å². The topological polar surface area (TPSA) is 65.4 Å². The lowest BCUT2D eigenvalue weighted by Crippen LogP contribution is -2.15. The van der Waals surface area contributed by atoms with Crippen molar-refractivity contribution in [3.8, 4) is 11.5 Å². The van der Waals surface area contributed by atoms with Gasteiger partial charge in [-0.25, -0.2) is 0 Å². The van der Waals surface area contributed by atoms with Gasteiger partial charge in [0.15, 0.2) is 17.3 Å². The number of halogens is 1. The Kier molecular flexibility index (Phi) is 7.36. The van der Waals surface area contributed by atoms with Crippen molar-refractivity contribution in [2.75, 3.05) is 18.5 Å². The minimum Gasteiger partial charge on any atom is -0.490 e. The molecule has 1 aromatic heterocycles. The van der Waals surface area contributed by atoms with E-state index in [1.54, 1.807) is 0 Å². The minimum atomic E-state index is -0.141. The van der Waals surface area contributed by atoms with Crippen molar-refractivity contribution in [2.45, 2.75) is 33.7 Å². The Bertz CT molecular complexity index is 999. The minimum absolute atomic E-state index is 0.141. The number of nitrogens with zero attached hydrogens (tertiary/aromatic N) is 2. The predicted molar refractivity (Wildman–Crippen MR) is 119 cm³/mol. The van der Waals surface area contributed by atoms with Crippen LogP contribution in [0.1, 0.15) is 30.7 Å². The highest BCUT2D eigenvalue weighted by Gasteiger charge is 2.12. The number of anilines is 1. The molecule has 0 spiro atoms. The molecule has 1 heterocycles. The number of ether oxygens (including phenoxy) is 2. The molecule has 2 aromatic carbocycles. The smallest absolute Gasteiger partial charge is 0.229 e. The van der Waals surface area contributed by atoms with Gasteiger partial charge in [-0.3, -0.25) is 9.48 Å². The van der Waals surface area contributed by atoms with Crippen molar-refractivity contribution in [1.29, 1.82) is 0 Å². The number of benzene rings is 2. The maximum absolute atomic E-state index is 12.5. The number of hydrogen-bond acceptors (Lipinski definition) is 4. The fourth-order valence-electron chi connectivity index (χ4n) is 3.07. The predicted octanol–water partition coefficient (Wildman–Crippen LogP) is 4.87. The average molecular weight is 428 g/mol. The normalized spacial score (nSPS) is 10.7. The van der Waals surface area contributed by atoms with Crippen LogP contribution < -0.4 is 14.8 Å². The summed E-state index contributed by atoms with van der Waals surface area (Å²) < 4.78 is 13.1. The van der Waals surface area contributed by atoms with Crippen LogP contribution in [0.15, 0.2) is 48.5 Å². The molecule has 0 saturated heterocycles. The van der Waals surface area contributed by atoms with Crippen molar-refractivity contribution in [3.63, 3.8) is 0 Å². The molecule has 6 nitrogen and oxygen atoms in total. The quantitative estimate of drug-likeness (QED) is 0.529. The lowest BCUT2D eigenvalue weighted by Gasteiger charge is -2.12. The van der Waals surface area contributed by atoms with Crippen LogP contribution in [0.25, 0.3) is 0 Å². The van der Waals surface area contributed by atoms with Crippen LogP contribution in [0.5, 0.6) is 11.5 Å². The maximum Gasteiger partial charge on any atom is 0.229 e. The van der Waals surface area contributed by atoms with Crippen molar-refractivity contribution in [2.24, 2.45) is 0 Å². The Balaban J connectivity index is 1.65. The molecule has 0 aliphatic rings. The molecule has 0 saturated carbocycles. The zero-order valence-electron chi connectivity index (χ0n) is 17.4. The summed E-state index contributed by atoms with van der Waals surface area (Å²) in [5.41, 5.74) is 2.89. The Morgan fingerprint density at radius 2 is 1.67 bits per heavy atom. The van der Waals surface area contributed by atoms with Gasteiger partial charge in [0.05, 0.1) is 26.2 Å². The van der Waals surface area contributed by atoms with Gasteiger partial charge in [-0.1, -0.05) is 29.8 Å². The van der Waals surface area contributed by atoms with Gasteiger partial charge in [-0.2, -0.15) is 5.10 Å². The van der Waals surface area contributed by atoms with E-state index in [9.17, 15) is 4.79 Å². The first kappa shape index (κ1) is 21.7. The fourth-order valence-corrected chi connectivity index (χ4v) is 3.20. The first-order valence-electron chi connectivity index (χ1n) is 9.95. The number of carbonyl (C=O) groups excluding carboxylic acids is 1. The molecule has 1 amide bonds. The average Bonchev–Trinajstić information content (AvgIpc) is 3.04. The lowest BCUT2D eigenvalue weighted by molar-refractivity contribution is -0.115. The molecule has 0 aliphatic carbocycles. The van der Waals surface area contributed by atoms with Crippen LogP contribution in [-0.4, -0.2) is 28.9 Å². The standard InChI is InChI=1S/C23H26ClN3O3/c1-4-29-20-11-8-18(13-21(20)30-5-2)14-23(28)25-22-12-16(3)27(26-22)15-17-6-9-19(24)10-7-17/h6-13H,4-5,14-15H2,1-3H3,(H,25,26,28). The number of amides is 1. The van der Waals surface area contributed by atoms with E-state index >= 15 is 0 Å². The Labute approximate surface area is 181 Å². The third-order valence-electron chi connectivity index (χ3n) is 4.47. The molecule has 0 bridgehead atoms. The molecule has 0 atom stereocenters. The second-order valence-corrected chi connectivity index (χ2v) is 7.26. The van der Waals surface area contributed by atoms with Crippen LogP contribution in [0, 0.1) is 6.92 Å². The molecule has 3 rings (SSSR count). The van der Waals surface area contributed by atoms with Crippen LogP contribution in [0.2, 0.25) is 5.02 Å². The summed E-state index contributed by atoms with van der Waals surface area (Å²) in [5, 5.41) is 8.07. The highest BCUT2D eigenvalue weighted by molar-refractivity contribution is 6.30. The molecule has 0 unspecified atom stereocenters. The molecule has 30 heavy (non-hydrogen) atoms. The number of rotatable bonds is 9. The second kappa shape index (κ2) is 10.2. The van der Waals surface area contributed by atoms with Gasteiger partial charge in [0.2, 0.25) is 5.91 Å². The number of aryl methyl sites for hydroxylation is 1. The van der Waals surface area contributed by atoms with E-state index in [0.29, 0.717) is 42.1 Å².